The van der Waals surface area contributed by atoms with Gasteiger partial charge in [-0.1, -0.05) is 6.07 Å². The van der Waals surface area contributed by atoms with Crippen LogP contribution in [0.2, 0.25) is 0 Å². The number of benzene rings is 2. The number of halogens is 2. The summed E-state index contributed by atoms with van der Waals surface area (Å²) in [7, 11) is 1.92. The predicted octanol–water partition coefficient (Wildman–Crippen LogP) is 3.60. The number of imidazole rings is 1. The second kappa shape index (κ2) is 5.00. The monoisotopic (exact) mass is 333 g/mol. The van der Waals surface area contributed by atoms with E-state index in [9.17, 15) is 4.39 Å². The molecule has 3 rings (SSSR count). The van der Waals surface area contributed by atoms with Gasteiger partial charge in [0.2, 0.25) is 0 Å². The first kappa shape index (κ1) is 13.3. The summed E-state index contributed by atoms with van der Waals surface area (Å²) < 4.78 is 16.1. The molecule has 0 radical (unpaired) electrons. The molecule has 0 saturated carbocycles. The van der Waals surface area contributed by atoms with E-state index in [0.717, 1.165) is 28.0 Å². The van der Waals surface area contributed by atoms with Gasteiger partial charge < -0.3 is 10.3 Å². The van der Waals surface area contributed by atoms with Crippen molar-refractivity contribution in [3.63, 3.8) is 0 Å². The first-order valence-electron chi connectivity index (χ1n) is 6.21. The Morgan fingerprint density at radius 3 is 2.75 bits per heavy atom. The highest BCUT2D eigenvalue weighted by Crippen LogP contribution is 2.27. The smallest absolute Gasteiger partial charge is 0.140 e. The van der Waals surface area contributed by atoms with Crippen LogP contribution in [-0.2, 0) is 13.6 Å². The number of rotatable bonds is 2. The van der Waals surface area contributed by atoms with Crippen molar-refractivity contribution in [3.8, 4) is 11.4 Å². The Bertz CT molecular complexity index is 795. The molecule has 0 atom stereocenters. The van der Waals surface area contributed by atoms with Gasteiger partial charge in [-0.25, -0.2) is 9.37 Å². The molecule has 1 heterocycles. The fourth-order valence-electron chi connectivity index (χ4n) is 2.26. The molecular formula is C15H13BrFN3. The zero-order valence-electron chi connectivity index (χ0n) is 10.9. The average molecular weight is 334 g/mol. The van der Waals surface area contributed by atoms with E-state index in [-0.39, 0.29) is 5.82 Å². The number of aromatic nitrogens is 2. The maximum atomic E-state index is 13.7. The van der Waals surface area contributed by atoms with Crippen molar-refractivity contribution in [1.29, 1.82) is 0 Å². The van der Waals surface area contributed by atoms with E-state index in [4.69, 9.17) is 5.73 Å². The summed E-state index contributed by atoms with van der Waals surface area (Å²) in [6.07, 6.45) is 0. The van der Waals surface area contributed by atoms with Gasteiger partial charge in [0.05, 0.1) is 15.5 Å². The van der Waals surface area contributed by atoms with E-state index in [1.54, 1.807) is 6.07 Å². The molecule has 20 heavy (non-hydrogen) atoms. The number of aryl methyl sites for hydroxylation is 1. The maximum Gasteiger partial charge on any atom is 0.140 e. The van der Waals surface area contributed by atoms with E-state index in [1.807, 2.05) is 35.9 Å². The average Bonchev–Trinajstić information content (AvgIpc) is 2.79. The number of fused-ring (bicyclic) bond motifs is 1. The Hall–Kier alpha value is -1.72. The van der Waals surface area contributed by atoms with E-state index in [2.05, 4.69) is 20.9 Å². The first-order valence-corrected chi connectivity index (χ1v) is 7.00. The molecule has 0 saturated heterocycles. The topological polar surface area (TPSA) is 43.8 Å². The Balaban J connectivity index is 2.21. The standard InChI is InChI=1S/C15H13BrFN3/c1-20-14-6-9(8-18)2-5-13(14)19-15(20)10-3-4-11(16)12(17)7-10/h2-7H,8,18H2,1H3. The van der Waals surface area contributed by atoms with Crippen molar-refractivity contribution in [2.75, 3.05) is 0 Å². The van der Waals surface area contributed by atoms with Crippen LogP contribution in [0, 0.1) is 5.82 Å². The highest BCUT2D eigenvalue weighted by atomic mass is 79.9. The molecule has 0 aliphatic rings. The highest BCUT2D eigenvalue weighted by Gasteiger charge is 2.11. The van der Waals surface area contributed by atoms with Gasteiger partial charge >= 0.3 is 0 Å². The number of nitrogens with two attached hydrogens (primary N) is 1. The summed E-state index contributed by atoms with van der Waals surface area (Å²) in [5, 5.41) is 0. The van der Waals surface area contributed by atoms with E-state index in [0.29, 0.717) is 11.0 Å². The van der Waals surface area contributed by atoms with Crippen LogP contribution in [0.25, 0.3) is 22.4 Å². The fourth-order valence-corrected chi connectivity index (χ4v) is 2.50. The molecule has 1 aromatic heterocycles. The molecule has 3 nitrogen and oxygen atoms in total. The van der Waals surface area contributed by atoms with Gasteiger partial charge in [0.25, 0.3) is 0 Å². The third-order valence-electron chi connectivity index (χ3n) is 3.36. The second-order valence-electron chi connectivity index (χ2n) is 4.65. The lowest BCUT2D eigenvalue weighted by molar-refractivity contribution is 0.621. The molecule has 102 valence electrons. The first-order chi connectivity index (χ1) is 9.60. The third kappa shape index (κ3) is 2.13. The molecular weight excluding hydrogens is 321 g/mol. The maximum absolute atomic E-state index is 13.7. The van der Waals surface area contributed by atoms with Crippen LogP contribution >= 0.6 is 15.9 Å². The number of hydrogen-bond donors (Lipinski definition) is 1. The Morgan fingerprint density at radius 2 is 2.05 bits per heavy atom. The zero-order valence-corrected chi connectivity index (χ0v) is 12.5. The second-order valence-corrected chi connectivity index (χ2v) is 5.50. The zero-order chi connectivity index (χ0) is 14.3. The van der Waals surface area contributed by atoms with E-state index < -0.39 is 0 Å². The lowest BCUT2D eigenvalue weighted by atomic mass is 10.2. The molecule has 0 fully saturated rings. The molecule has 0 unspecified atom stereocenters. The minimum atomic E-state index is -0.294. The lowest BCUT2D eigenvalue weighted by Gasteiger charge is -2.04. The number of nitrogens with zero attached hydrogens (tertiary/aromatic N) is 2. The van der Waals surface area contributed by atoms with Crippen molar-refractivity contribution >= 4 is 27.0 Å². The van der Waals surface area contributed by atoms with E-state index >= 15 is 0 Å². The molecule has 3 aromatic rings. The van der Waals surface area contributed by atoms with Gasteiger partial charge in [-0.15, -0.1) is 0 Å². The van der Waals surface area contributed by atoms with Crippen LogP contribution in [-0.4, -0.2) is 9.55 Å². The highest BCUT2D eigenvalue weighted by molar-refractivity contribution is 9.10. The quantitative estimate of drug-likeness (QED) is 0.778. The molecule has 5 heteroatoms. The van der Waals surface area contributed by atoms with Crippen molar-refractivity contribution < 1.29 is 4.39 Å². The van der Waals surface area contributed by atoms with Crippen molar-refractivity contribution in [1.82, 2.24) is 9.55 Å². The summed E-state index contributed by atoms with van der Waals surface area (Å²) >= 11 is 3.16. The minimum Gasteiger partial charge on any atom is -0.327 e. The molecule has 2 aromatic carbocycles. The molecule has 0 aliphatic heterocycles. The van der Waals surface area contributed by atoms with Gasteiger partial charge in [0, 0.05) is 19.2 Å². The summed E-state index contributed by atoms with van der Waals surface area (Å²) in [5.74, 6) is 0.442. The lowest BCUT2D eigenvalue weighted by Crippen LogP contribution is -1.97. The SMILES string of the molecule is Cn1c(-c2ccc(Br)c(F)c2)nc2ccc(CN)cc21. The van der Waals surface area contributed by atoms with Crippen molar-refractivity contribution in [2.45, 2.75) is 6.54 Å². The van der Waals surface area contributed by atoms with Crippen LogP contribution in [0.5, 0.6) is 0 Å². The molecule has 0 bridgehead atoms. The molecule has 0 spiro atoms. The van der Waals surface area contributed by atoms with Gasteiger partial charge in [-0.3, -0.25) is 0 Å². The minimum absolute atomic E-state index is 0.294. The summed E-state index contributed by atoms with van der Waals surface area (Å²) in [5.41, 5.74) is 9.33. The number of hydrogen-bond acceptors (Lipinski definition) is 2. The molecule has 2 N–H and O–H groups in total. The van der Waals surface area contributed by atoms with Crippen molar-refractivity contribution in [2.24, 2.45) is 12.8 Å². The van der Waals surface area contributed by atoms with Gasteiger partial charge in [-0.05, 0) is 51.8 Å². The third-order valence-corrected chi connectivity index (χ3v) is 4.00. The van der Waals surface area contributed by atoms with Crippen LogP contribution in [0.3, 0.4) is 0 Å². The van der Waals surface area contributed by atoms with Gasteiger partial charge in [0.1, 0.15) is 11.6 Å². The Kier molecular flexibility index (Phi) is 3.31. The molecule has 0 aliphatic carbocycles. The van der Waals surface area contributed by atoms with Crippen LogP contribution in [0.1, 0.15) is 5.56 Å². The van der Waals surface area contributed by atoms with Gasteiger partial charge in [0.15, 0.2) is 0 Å². The summed E-state index contributed by atoms with van der Waals surface area (Å²) in [6, 6.07) is 10.9. The van der Waals surface area contributed by atoms with Crippen LogP contribution < -0.4 is 5.73 Å². The molecule has 0 amide bonds. The Labute approximate surface area is 124 Å². The van der Waals surface area contributed by atoms with Crippen LogP contribution in [0.4, 0.5) is 4.39 Å². The van der Waals surface area contributed by atoms with Crippen LogP contribution in [0.15, 0.2) is 40.9 Å². The fraction of sp³-hybridized carbons (Fsp3) is 0.133. The van der Waals surface area contributed by atoms with Crippen molar-refractivity contribution in [3.05, 3.63) is 52.3 Å². The largest absolute Gasteiger partial charge is 0.327 e. The predicted molar refractivity (Wildman–Crippen MR) is 81.7 cm³/mol. The van der Waals surface area contributed by atoms with Gasteiger partial charge in [-0.2, -0.15) is 0 Å². The summed E-state index contributed by atoms with van der Waals surface area (Å²) in [6.45, 7) is 0.489. The van der Waals surface area contributed by atoms with E-state index in [1.165, 1.54) is 6.07 Å². The normalized spacial score (nSPS) is 11.2. The summed E-state index contributed by atoms with van der Waals surface area (Å²) in [4.78, 5) is 4.57. The Morgan fingerprint density at radius 1 is 1.25 bits per heavy atom.